The minimum atomic E-state index is 0.148. The minimum Gasteiger partial charge on any atom is -0.310 e. The molecule has 112 valence electrons. The molecule has 5 heteroatoms. The lowest BCUT2D eigenvalue weighted by atomic mass is 9.98. The summed E-state index contributed by atoms with van der Waals surface area (Å²) in [4.78, 5) is 0. The van der Waals surface area contributed by atoms with E-state index in [0.29, 0.717) is 10.0 Å². The first-order valence-electron chi connectivity index (χ1n) is 6.64. The first kappa shape index (κ1) is 17.3. The van der Waals surface area contributed by atoms with Gasteiger partial charge in [0.05, 0.1) is 0 Å². The van der Waals surface area contributed by atoms with Crippen molar-refractivity contribution in [2.75, 3.05) is 6.54 Å². The maximum atomic E-state index is 6.29. The Hall–Kier alpha value is -0.0600. The van der Waals surface area contributed by atoms with Gasteiger partial charge in [0.15, 0.2) is 0 Å². The maximum Gasteiger partial charge on any atom is 0.0453 e. The van der Waals surface area contributed by atoms with Crippen LogP contribution in [-0.2, 0) is 6.42 Å². The standard InChI is InChI=1S/C16H15Br2Cl2N/c1-2-21-16(11-7-6-10(17)8-13(11)18)9-12-14(19)4-3-5-15(12)20/h3-8,16,21H,2,9H2,1H3. The molecule has 0 aromatic heterocycles. The second kappa shape index (κ2) is 7.98. The average Bonchev–Trinajstić information content (AvgIpc) is 2.42. The van der Waals surface area contributed by atoms with Gasteiger partial charge in [0.2, 0.25) is 0 Å². The Balaban J connectivity index is 2.35. The lowest BCUT2D eigenvalue weighted by molar-refractivity contribution is 0.548. The molecule has 0 radical (unpaired) electrons. The Morgan fingerprint density at radius 3 is 2.33 bits per heavy atom. The minimum absolute atomic E-state index is 0.148. The summed E-state index contributed by atoms with van der Waals surface area (Å²) in [5.74, 6) is 0. The summed E-state index contributed by atoms with van der Waals surface area (Å²) in [5, 5.41) is 4.91. The maximum absolute atomic E-state index is 6.29. The molecule has 2 rings (SSSR count). The van der Waals surface area contributed by atoms with Crippen molar-refractivity contribution < 1.29 is 0 Å². The Labute approximate surface area is 152 Å². The van der Waals surface area contributed by atoms with E-state index in [4.69, 9.17) is 23.2 Å². The summed E-state index contributed by atoms with van der Waals surface area (Å²) in [6.45, 7) is 2.96. The van der Waals surface area contributed by atoms with Crippen molar-refractivity contribution in [2.24, 2.45) is 0 Å². The molecule has 1 atom stereocenters. The lowest BCUT2D eigenvalue weighted by Crippen LogP contribution is -2.23. The molecule has 1 N–H and O–H groups in total. The molecule has 0 bridgehead atoms. The first-order valence-corrected chi connectivity index (χ1v) is 8.98. The van der Waals surface area contributed by atoms with Gasteiger partial charge >= 0.3 is 0 Å². The summed E-state index contributed by atoms with van der Waals surface area (Å²) in [5.41, 5.74) is 2.16. The Bertz CT molecular complexity index is 611. The van der Waals surface area contributed by atoms with Crippen LogP contribution >= 0.6 is 55.1 Å². The zero-order valence-electron chi connectivity index (χ0n) is 11.5. The van der Waals surface area contributed by atoms with Crippen LogP contribution in [0.5, 0.6) is 0 Å². The molecule has 1 unspecified atom stereocenters. The lowest BCUT2D eigenvalue weighted by Gasteiger charge is -2.21. The number of hydrogen-bond donors (Lipinski definition) is 1. The third-order valence-corrected chi connectivity index (χ3v) is 5.15. The topological polar surface area (TPSA) is 12.0 Å². The number of benzene rings is 2. The number of likely N-dealkylation sites (N-methyl/N-ethyl adjacent to an activating group) is 1. The van der Waals surface area contributed by atoms with Gasteiger partial charge < -0.3 is 5.32 Å². The second-order valence-corrected chi connectivity index (χ2v) is 7.26. The molecule has 0 aliphatic carbocycles. The molecular formula is C16H15Br2Cl2N. The number of rotatable bonds is 5. The average molecular weight is 452 g/mol. The van der Waals surface area contributed by atoms with Crippen LogP contribution in [0.1, 0.15) is 24.1 Å². The van der Waals surface area contributed by atoms with Gasteiger partial charge in [-0.15, -0.1) is 0 Å². The van der Waals surface area contributed by atoms with E-state index in [9.17, 15) is 0 Å². The molecule has 0 aliphatic rings. The third-order valence-electron chi connectivity index (χ3n) is 3.26. The van der Waals surface area contributed by atoms with E-state index in [0.717, 1.165) is 27.5 Å². The van der Waals surface area contributed by atoms with Crippen molar-refractivity contribution in [2.45, 2.75) is 19.4 Å². The Morgan fingerprint density at radius 1 is 1.10 bits per heavy atom. The summed E-state index contributed by atoms with van der Waals surface area (Å²) in [6, 6.07) is 12.0. The van der Waals surface area contributed by atoms with Gasteiger partial charge in [0.1, 0.15) is 0 Å². The highest BCUT2D eigenvalue weighted by Crippen LogP contribution is 2.33. The number of hydrogen-bond acceptors (Lipinski definition) is 1. The molecule has 2 aromatic rings. The summed E-state index contributed by atoms with van der Waals surface area (Å²) in [7, 11) is 0. The largest absolute Gasteiger partial charge is 0.310 e. The van der Waals surface area contributed by atoms with E-state index in [1.54, 1.807) is 0 Å². The van der Waals surface area contributed by atoms with Gasteiger partial charge in [-0.1, -0.05) is 74.1 Å². The zero-order valence-corrected chi connectivity index (χ0v) is 16.2. The van der Waals surface area contributed by atoms with Crippen LogP contribution in [0, 0.1) is 0 Å². The molecule has 0 spiro atoms. The van der Waals surface area contributed by atoms with E-state index in [2.05, 4.69) is 50.2 Å². The first-order chi connectivity index (χ1) is 10.0. The van der Waals surface area contributed by atoms with E-state index < -0.39 is 0 Å². The van der Waals surface area contributed by atoms with E-state index in [1.165, 1.54) is 5.56 Å². The molecule has 0 aliphatic heterocycles. The molecule has 1 nitrogen and oxygen atoms in total. The monoisotopic (exact) mass is 449 g/mol. The van der Waals surface area contributed by atoms with Crippen molar-refractivity contribution in [1.82, 2.24) is 5.32 Å². The smallest absolute Gasteiger partial charge is 0.0453 e. The van der Waals surface area contributed by atoms with Gasteiger partial charge in [-0.05, 0) is 48.4 Å². The van der Waals surface area contributed by atoms with Crippen LogP contribution in [-0.4, -0.2) is 6.54 Å². The summed E-state index contributed by atoms with van der Waals surface area (Å²) in [6.07, 6.45) is 0.743. The van der Waals surface area contributed by atoms with Crippen LogP contribution in [0.4, 0.5) is 0 Å². The van der Waals surface area contributed by atoms with Crippen LogP contribution in [0.25, 0.3) is 0 Å². The van der Waals surface area contributed by atoms with Gasteiger partial charge in [-0.25, -0.2) is 0 Å². The molecule has 0 amide bonds. The highest BCUT2D eigenvalue weighted by molar-refractivity contribution is 9.11. The van der Waals surface area contributed by atoms with Gasteiger partial charge in [-0.3, -0.25) is 0 Å². The van der Waals surface area contributed by atoms with E-state index in [1.807, 2.05) is 30.3 Å². The van der Waals surface area contributed by atoms with Crippen molar-refractivity contribution in [3.05, 3.63) is 66.5 Å². The summed E-state index contributed by atoms with van der Waals surface area (Å²) >= 11 is 19.7. The van der Waals surface area contributed by atoms with Crippen LogP contribution in [0.3, 0.4) is 0 Å². The SMILES string of the molecule is CCNC(Cc1c(Cl)cccc1Cl)c1ccc(Br)cc1Br. The predicted molar refractivity (Wildman–Crippen MR) is 98.4 cm³/mol. The van der Waals surface area contributed by atoms with Crippen LogP contribution < -0.4 is 5.32 Å². The van der Waals surface area contributed by atoms with E-state index >= 15 is 0 Å². The molecular weight excluding hydrogens is 437 g/mol. The van der Waals surface area contributed by atoms with Crippen LogP contribution in [0.2, 0.25) is 10.0 Å². The molecule has 21 heavy (non-hydrogen) atoms. The van der Waals surface area contributed by atoms with E-state index in [-0.39, 0.29) is 6.04 Å². The summed E-state index contributed by atoms with van der Waals surface area (Å²) < 4.78 is 2.11. The van der Waals surface area contributed by atoms with Gasteiger partial charge in [0.25, 0.3) is 0 Å². The highest BCUT2D eigenvalue weighted by Gasteiger charge is 2.17. The fourth-order valence-electron chi connectivity index (χ4n) is 2.25. The van der Waals surface area contributed by atoms with Crippen LogP contribution in [0.15, 0.2) is 45.3 Å². The van der Waals surface area contributed by atoms with Crippen molar-refractivity contribution >= 4 is 55.1 Å². The Kier molecular flexibility index (Phi) is 6.57. The molecule has 0 saturated heterocycles. The van der Waals surface area contributed by atoms with Gasteiger partial charge in [0, 0.05) is 25.0 Å². The fourth-order valence-corrected chi connectivity index (χ4v) is 4.13. The second-order valence-electron chi connectivity index (χ2n) is 4.68. The van der Waals surface area contributed by atoms with Crippen molar-refractivity contribution in [3.63, 3.8) is 0 Å². The van der Waals surface area contributed by atoms with Gasteiger partial charge in [-0.2, -0.15) is 0 Å². The molecule has 0 saturated carbocycles. The molecule has 0 fully saturated rings. The number of nitrogens with one attached hydrogen (secondary N) is 1. The van der Waals surface area contributed by atoms with Crippen molar-refractivity contribution in [1.29, 1.82) is 0 Å². The third kappa shape index (κ3) is 4.46. The Morgan fingerprint density at radius 2 is 1.76 bits per heavy atom. The molecule has 0 heterocycles. The normalized spacial score (nSPS) is 12.4. The fraction of sp³-hybridized carbons (Fsp3) is 0.250. The number of halogens is 4. The van der Waals surface area contributed by atoms with Crippen molar-refractivity contribution in [3.8, 4) is 0 Å². The molecule has 2 aromatic carbocycles. The quantitative estimate of drug-likeness (QED) is 0.553. The highest BCUT2D eigenvalue weighted by atomic mass is 79.9. The zero-order chi connectivity index (χ0) is 15.4. The predicted octanol–water partition coefficient (Wildman–Crippen LogP) is 6.41.